The number of benzene rings is 1. The van der Waals surface area contributed by atoms with Crippen molar-refractivity contribution in [2.24, 2.45) is 5.73 Å². The molecule has 1 atom stereocenters. The molecule has 4 nitrogen and oxygen atoms in total. The molecular formula is C15H21FN2O2. The van der Waals surface area contributed by atoms with Crippen molar-refractivity contribution in [2.45, 2.75) is 30.8 Å². The van der Waals surface area contributed by atoms with E-state index in [0.29, 0.717) is 13.1 Å². The smallest absolute Gasteiger partial charge is 0.222 e. The molecule has 0 saturated heterocycles. The molecule has 1 saturated carbocycles. The van der Waals surface area contributed by atoms with E-state index < -0.39 is 0 Å². The van der Waals surface area contributed by atoms with Crippen molar-refractivity contribution >= 4 is 5.91 Å². The zero-order chi connectivity index (χ0) is 14.6. The summed E-state index contributed by atoms with van der Waals surface area (Å²) in [5.74, 6) is -0.296. The Morgan fingerprint density at radius 1 is 1.45 bits per heavy atom. The summed E-state index contributed by atoms with van der Waals surface area (Å²) < 4.78 is 18.0. The third-order valence-electron chi connectivity index (χ3n) is 3.94. The van der Waals surface area contributed by atoms with Crippen LogP contribution in [0.1, 0.15) is 24.8 Å². The van der Waals surface area contributed by atoms with Gasteiger partial charge in [0.2, 0.25) is 5.91 Å². The molecule has 0 spiro atoms. The molecule has 2 rings (SSSR count). The van der Waals surface area contributed by atoms with E-state index in [1.54, 1.807) is 19.2 Å². The van der Waals surface area contributed by atoms with Crippen molar-refractivity contribution in [3.8, 4) is 0 Å². The Labute approximate surface area is 118 Å². The standard InChI is InChI=1S/C15H21FN2O2/c1-20-13(9-17)8-14(19)18-10-15(6-7-15)11-2-4-12(16)5-3-11/h2-5,13H,6-10,17H2,1H3,(H,18,19). The molecule has 1 aliphatic carbocycles. The number of amides is 1. The van der Waals surface area contributed by atoms with Gasteiger partial charge in [0.25, 0.3) is 0 Å². The first-order chi connectivity index (χ1) is 9.59. The fourth-order valence-corrected chi connectivity index (χ4v) is 2.33. The van der Waals surface area contributed by atoms with Crippen molar-refractivity contribution in [3.63, 3.8) is 0 Å². The van der Waals surface area contributed by atoms with Crippen molar-refractivity contribution in [2.75, 3.05) is 20.2 Å². The minimum atomic E-state index is -0.240. The second-order valence-corrected chi connectivity index (χ2v) is 5.36. The molecule has 1 aromatic carbocycles. The molecule has 3 N–H and O–H groups in total. The van der Waals surface area contributed by atoms with E-state index in [-0.39, 0.29) is 29.7 Å². The van der Waals surface area contributed by atoms with Crippen LogP contribution in [-0.2, 0) is 14.9 Å². The molecule has 110 valence electrons. The van der Waals surface area contributed by atoms with E-state index in [1.165, 1.54) is 12.1 Å². The molecule has 0 aromatic heterocycles. The van der Waals surface area contributed by atoms with Gasteiger partial charge in [-0.3, -0.25) is 4.79 Å². The summed E-state index contributed by atoms with van der Waals surface area (Å²) in [4.78, 5) is 11.8. The van der Waals surface area contributed by atoms with E-state index in [4.69, 9.17) is 10.5 Å². The Kier molecular flexibility index (Phi) is 4.73. The van der Waals surface area contributed by atoms with Gasteiger partial charge in [0, 0.05) is 25.6 Å². The highest BCUT2D eigenvalue weighted by molar-refractivity contribution is 5.76. The highest BCUT2D eigenvalue weighted by Crippen LogP contribution is 2.47. The Balaban J connectivity index is 1.87. The molecule has 1 unspecified atom stereocenters. The predicted octanol–water partition coefficient (Wildman–Crippen LogP) is 1.34. The molecule has 1 aromatic rings. The minimum Gasteiger partial charge on any atom is -0.380 e. The summed E-state index contributed by atoms with van der Waals surface area (Å²) >= 11 is 0. The molecule has 20 heavy (non-hydrogen) atoms. The lowest BCUT2D eigenvalue weighted by atomic mass is 9.96. The van der Waals surface area contributed by atoms with Crippen LogP contribution in [0.5, 0.6) is 0 Å². The van der Waals surface area contributed by atoms with Crippen LogP contribution in [0.2, 0.25) is 0 Å². The quantitative estimate of drug-likeness (QED) is 0.792. The second kappa shape index (κ2) is 6.33. The number of hydrogen-bond acceptors (Lipinski definition) is 3. The van der Waals surface area contributed by atoms with Gasteiger partial charge in [-0.1, -0.05) is 12.1 Å². The van der Waals surface area contributed by atoms with Gasteiger partial charge in [-0.05, 0) is 30.5 Å². The fourth-order valence-electron chi connectivity index (χ4n) is 2.33. The number of carbonyl (C=O) groups is 1. The summed E-state index contributed by atoms with van der Waals surface area (Å²) in [7, 11) is 1.55. The first kappa shape index (κ1) is 14.9. The summed E-state index contributed by atoms with van der Waals surface area (Å²) in [5.41, 5.74) is 6.56. The summed E-state index contributed by atoms with van der Waals surface area (Å²) in [6, 6.07) is 6.53. The van der Waals surface area contributed by atoms with Gasteiger partial charge >= 0.3 is 0 Å². The van der Waals surface area contributed by atoms with E-state index in [2.05, 4.69) is 5.32 Å². The zero-order valence-electron chi connectivity index (χ0n) is 11.7. The van der Waals surface area contributed by atoms with Crippen LogP contribution in [0, 0.1) is 5.82 Å². The van der Waals surface area contributed by atoms with Crippen LogP contribution < -0.4 is 11.1 Å². The number of nitrogens with two attached hydrogens (primary N) is 1. The molecule has 1 fully saturated rings. The maximum absolute atomic E-state index is 12.9. The van der Waals surface area contributed by atoms with E-state index in [0.717, 1.165) is 18.4 Å². The first-order valence-electron chi connectivity index (χ1n) is 6.85. The third-order valence-corrected chi connectivity index (χ3v) is 3.94. The molecule has 0 aliphatic heterocycles. The Morgan fingerprint density at radius 2 is 2.10 bits per heavy atom. The number of methoxy groups -OCH3 is 1. The highest BCUT2D eigenvalue weighted by Gasteiger charge is 2.44. The zero-order valence-corrected chi connectivity index (χ0v) is 11.7. The molecule has 1 aliphatic rings. The average Bonchev–Trinajstić information content (AvgIpc) is 3.24. The monoisotopic (exact) mass is 280 g/mol. The van der Waals surface area contributed by atoms with Gasteiger partial charge in [0.1, 0.15) is 5.82 Å². The Hall–Kier alpha value is -1.46. The van der Waals surface area contributed by atoms with Crippen molar-refractivity contribution in [1.29, 1.82) is 0 Å². The van der Waals surface area contributed by atoms with Crippen molar-refractivity contribution in [3.05, 3.63) is 35.6 Å². The molecular weight excluding hydrogens is 259 g/mol. The molecule has 0 heterocycles. The second-order valence-electron chi connectivity index (χ2n) is 5.36. The van der Waals surface area contributed by atoms with Crippen LogP contribution in [0.15, 0.2) is 24.3 Å². The van der Waals surface area contributed by atoms with Gasteiger partial charge in [-0.2, -0.15) is 0 Å². The SMILES string of the molecule is COC(CN)CC(=O)NCC1(c2ccc(F)cc2)CC1. The number of nitrogens with one attached hydrogen (secondary N) is 1. The molecule has 5 heteroatoms. The number of rotatable bonds is 7. The summed E-state index contributed by atoms with van der Waals surface area (Å²) in [6.07, 6.45) is 2.07. The number of ether oxygens (including phenoxy) is 1. The maximum atomic E-state index is 12.9. The lowest BCUT2D eigenvalue weighted by molar-refractivity contribution is -0.123. The normalized spacial score (nSPS) is 17.6. The van der Waals surface area contributed by atoms with Crippen molar-refractivity contribution in [1.82, 2.24) is 5.32 Å². The average molecular weight is 280 g/mol. The number of hydrogen-bond donors (Lipinski definition) is 2. The van der Waals surface area contributed by atoms with E-state index >= 15 is 0 Å². The van der Waals surface area contributed by atoms with Crippen LogP contribution in [0.4, 0.5) is 4.39 Å². The third kappa shape index (κ3) is 3.55. The number of carbonyl (C=O) groups excluding carboxylic acids is 1. The number of halogens is 1. The lowest BCUT2D eigenvalue weighted by Gasteiger charge is -2.18. The van der Waals surface area contributed by atoms with Gasteiger partial charge in [0.05, 0.1) is 12.5 Å². The predicted molar refractivity (Wildman–Crippen MR) is 74.8 cm³/mol. The highest BCUT2D eigenvalue weighted by atomic mass is 19.1. The van der Waals surface area contributed by atoms with Gasteiger partial charge in [0.15, 0.2) is 0 Å². The minimum absolute atomic E-state index is 0.0192. The Morgan fingerprint density at radius 3 is 2.60 bits per heavy atom. The molecule has 1 amide bonds. The summed E-state index contributed by atoms with van der Waals surface area (Å²) in [6.45, 7) is 0.908. The molecule has 0 radical (unpaired) electrons. The van der Waals surface area contributed by atoms with Gasteiger partial charge in [-0.15, -0.1) is 0 Å². The van der Waals surface area contributed by atoms with Gasteiger partial charge < -0.3 is 15.8 Å². The molecule has 0 bridgehead atoms. The summed E-state index contributed by atoms with van der Waals surface area (Å²) in [5, 5.41) is 2.93. The van der Waals surface area contributed by atoms with Gasteiger partial charge in [-0.25, -0.2) is 4.39 Å². The van der Waals surface area contributed by atoms with Crippen LogP contribution in [0.3, 0.4) is 0 Å². The van der Waals surface area contributed by atoms with Crippen molar-refractivity contribution < 1.29 is 13.9 Å². The largest absolute Gasteiger partial charge is 0.380 e. The lowest BCUT2D eigenvalue weighted by Crippen LogP contribution is -2.36. The fraction of sp³-hybridized carbons (Fsp3) is 0.533. The van der Waals surface area contributed by atoms with E-state index in [9.17, 15) is 9.18 Å². The van der Waals surface area contributed by atoms with Crippen LogP contribution in [-0.4, -0.2) is 32.2 Å². The topological polar surface area (TPSA) is 64.3 Å². The first-order valence-corrected chi connectivity index (χ1v) is 6.85. The van der Waals surface area contributed by atoms with Crippen LogP contribution >= 0.6 is 0 Å². The maximum Gasteiger partial charge on any atom is 0.222 e. The Bertz CT molecular complexity index is 453. The van der Waals surface area contributed by atoms with Crippen LogP contribution in [0.25, 0.3) is 0 Å². The van der Waals surface area contributed by atoms with E-state index in [1.807, 2.05) is 0 Å².